The van der Waals surface area contributed by atoms with E-state index >= 15 is 0 Å². The predicted octanol–water partition coefficient (Wildman–Crippen LogP) is 2.45. The third-order valence-electron chi connectivity index (χ3n) is 2.56. The van der Waals surface area contributed by atoms with Crippen molar-refractivity contribution in [2.24, 2.45) is 5.73 Å². The second-order valence-electron chi connectivity index (χ2n) is 3.95. The van der Waals surface area contributed by atoms with Crippen molar-refractivity contribution in [1.29, 1.82) is 0 Å². The van der Waals surface area contributed by atoms with Crippen molar-refractivity contribution in [3.8, 4) is 0 Å². The van der Waals surface area contributed by atoms with Crippen molar-refractivity contribution in [3.63, 3.8) is 0 Å². The molecule has 94 valence electrons. The SMILES string of the molecule is C=CCN(CCO)c1ccc(C(C)N)c(Br)c1. The molecule has 1 aromatic carbocycles. The highest BCUT2D eigenvalue weighted by Gasteiger charge is 2.09. The van der Waals surface area contributed by atoms with E-state index in [0.29, 0.717) is 13.1 Å². The highest BCUT2D eigenvalue weighted by atomic mass is 79.9. The fraction of sp³-hybridized carbons (Fsp3) is 0.385. The van der Waals surface area contributed by atoms with Gasteiger partial charge in [-0.25, -0.2) is 0 Å². The zero-order valence-corrected chi connectivity index (χ0v) is 11.7. The predicted molar refractivity (Wildman–Crippen MR) is 76.2 cm³/mol. The third-order valence-corrected chi connectivity index (χ3v) is 3.25. The van der Waals surface area contributed by atoms with Gasteiger partial charge in [0.25, 0.3) is 0 Å². The lowest BCUT2D eigenvalue weighted by molar-refractivity contribution is 0.303. The van der Waals surface area contributed by atoms with Gasteiger partial charge in [-0.1, -0.05) is 28.1 Å². The van der Waals surface area contributed by atoms with Crippen LogP contribution in [0.5, 0.6) is 0 Å². The zero-order valence-electron chi connectivity index (χ0n) is 10.1. The van der Waals surface area contributed by atoms with Crippen LogP contribution in [-0.4, -0.2) is 24.8 Å². The number of anilines is 1. The number of nitrogens with two attached hydrogens (primary N) is 1. The molecule has 0 heterocycles. The van der Waals surface area contributed by atoms with E-state index in [0.717, 1.165) is 15.7 Å². The van der Waals surface area contributed by atoms with Gasteiger partial charge < -0.3 is 15.7 Å². The van der Waals surface area contributed by atoms with E-state index in [-0.39, 0.29) is 12.6 Å². The van der Waals surface area contributed by atoms with Crippen LogP contribution < -0.4 is 10.6 Å². The van der Waals surface area contributed by atoms with Crippen LogP contribution in [0.4, 0.5) is 5.69 Å². The summed E-state index contributed by atoms with van der Waals surface area (Å²) in [5.74, 6) is 0. The van der Waals surface area contributed by atoms with Crippen molar-refractivity contribution in [1.82, 2.24) is 0 Å². The van der Waals surface area contributed by atoms with Crippen LogP contribution in [0.25, 0.3) is 0 Å². The zero-order chi connectivity index (χ0) is 12.8. The normalized spacial score (nSPS) is 12.2. The van der Waals surface area contributed by atoms with Gasteiger partial charge in [0.2, 0.25) is 0 Å². The molecule has 1 unspecified atom stereocenters. The molecule has 0 bridgehead atoms. The summed E-state index contributed by atoms with van der Waals surface area (Å²) in [5.41, 5.74) is 7.99. The molecule has 0 saturated heterocycles. The fourth-order valence-electron chi connectivity index (χ4n) is 1.68. The van der Waals surface area contributed by atoms with Crippen LogP contribution in [0.1, 0.15) is 18.5 Å². The van der Waals surface area contributed by atoms with Gasteiger partial charge >= 0.3 is 0 Å². The van der Waals surface area contributed by atoms with E-state index in [1.54, 1.807) is 0 Å². The quantitative estimate of drug-likeness (QED) is 0.793. The molecule has 4 heteroatoms. The van der Waals surface area contributed by atoms with Gasteiger partial charge in [0.15, 0.2) is 0 Å². The number of halogens is 1. The number of aliphatic hydroxyl groups is 1. The first-order valence-corrected chi connectivity index (χ1v) is 6.41. The molecule has 3 nitrogen and oxygen atoms in total. The highest BCUT2D eigenvalue weighted by molar-refractivity contribution is 9.10. The molecule has 0 amide bonds. The van der Waals surface area contributed by atoms with Crippen molar-refractivity contribution in [2.75, 3.05) is 24.6 Å². The molecule has 0 aliphatic carbocycles. The molecular formula is C13H19BrN2O. The fourth-order valence-corrected chi connectivity index (χ4v) is 2.41. The monoisotopic (exact) mass is 298 g/mol. The molecule has 0 spiro atoms. The minimum atomic E-state index is 0.00382. The average molecular weight is 299 g/mol. The van der Waals surface area contributed by atoms with Gasteiger partial charge in [0.1, 0.15) is 0 Å². The van der Waals surface area contributed by atoms with Crippen LogP contribution >= 0.6 is 15.9 Å². The maximum absolute atomic E-state index is 9.03. The molecule has 3 N–H and O–H groups in total. The van der Waals surface area contributed by atoms with E-state index in [9.17, 15) is 0 Å². The molecule has 0 radical (unpaired) electrons. The van der Waals surface area contributed by atoms with Crippen molar-refractivity contribution < 1.29 is 5.11 Å². The number of hydrogen-bond acceptors (Lipinski definition) is 3. The molecule has 0 aliphatic rings. The Balaban J connectivity index is 2.97. The Kier molecular flexibility index (Phi) is 5.68. The molecule has 0 saturated carbocycles. The summed E-state index contributed by atoms with van der Waals surface area (Å²) in [4.78, 5) is 2.06. The third kappa shape index (κ3) is 3.84. The summed E-state index contributed by atoms with van der Waals surface area (Å²) >= 11 is 3.52. The molecule has 1 atom stereocenters. The van der Waals surface area contributed by atoms with Crippen LogP contribution in [0, 0.1) is 0 Å². The number of rotatable bonds is 6. The summed E-state index contributed by atoms with van der Waals surface area (Å²) in [7, 11) is 0. The van der Waals surface area contributed by atoms with Crippen molar-refractivity contribution >= 4 is 21.6 Å². The van der Waals surface area contributed by atoms with Gasteiger partial charge in [0, 0.05) is 29.3 Å². The Hall–Kier alpha value is -0.840. The summed E-state index contributed by atoms with van der Waals surface area (Å²) in [6.07, 6.45) is 1.82. The Morgan fingerprint density at radius 3 is 2.76 bits per heavy atom. The number of nitrogens with zero attached hydrogens (tertiary/aromatic N) is 1. The lowest BCUT2D eigenvalue weighted by Crippen LogP contribution is -2.26. The molecule has 0 fully saturated rings. The van der Waals surface area contributed by atoms with Crippen molar-refractivity contribution in [2.45, 2.75) is 13.0 Å². The van der Waals surface area contributed by atoms with Gasteiger partial charge in [-0.2, -0.15) is 0 Å². The standard InChI is InChI=1S/C13H19BrN2O/c1-3-6-16(7-8-17)11-4-5-12(10(2)15)13(14)9-11/h3-5,9-10,17H,1,6-8,15H2,2H3. The van der Waals surface area contributed by atoms with Gasteiger partial charge in [-0.05, 0) is 24.6 Å². The molecule has 17 heavy (non-hydrogen) atoms. The molecule has 0 aromatic heterocycles. The Morgan fingerprint density at radius 1 is 1.59 bits per heavy atom. The Morgan fingerprint density at radius 2 is 2.29 bits per heavy atom. The second kappa shape index (κ2) is 6.79. The maximum atomic E-state index is 9.03. The first-order valence-electron chi connectivity index (χ1n) is 5.62. The maximum Gasteiger partial charge on any atom is 0.0606 e. The van der Waals surface area contributed by atoms with Crippen LogP contribution in [0.2, 0.25) is 0 Å². The summed E-state index contributed by atoms with van der Waals surface area (Å²) < 4.78 is 0.997. The van der Waals surface area contributed by atoms with Gasteiger partial charge in [-0.15, -0.1) is 6.58 Å². The molecule has 0 aliphatic heterocycles. The van der Waals surface area contributed by atoms with Crippen molar-refractivity contribution in [3.05, 3.63) is 40.9 Å². The van der Waals surface area contributed by atoms with Gasteiger partial charge in [-0.3, -0.25) is 0 Å². The number of hydrogen-bond donors (Lipinski definition) is 2. The number of benzene rings is 1. The summed E-state index contributed by atoms with van der Waals surface area (Å²) in [6, 6.07) is 6.06. The first-order chi connectivity index (χ1) is 8.10. The second-order valence-corrected chi connectivity index (χ2v) is 4.81. The molecule has 1 rings (SSSR count). The largest absolute Gasteiger partial charge is 0.395 e. The van der Waals surface area contributed by atoms with Crippen LogP contribution in [-0.2, 0) is 0 Å². The highest BCUT2D eigenvalue weighted by Crippen LogP contribution is 2.27. The van der Waals surface area contributed by atoms with E-state index in [1.807, 2.05) is 31.2 Å². The first kappa shape index (κ1) is 14.2. The lowest BCUT2D eigenvalue weighted by Gasteiger charge is -2.23. The number of aliphatic hydroxyl groups excluding tert-OH is 1. The Labute approximate surface area is 111 Å². The van der Waals surface area contributed by atoms with Crippen LogP contribution in [0.15, 0.2) is 35.3 Å². The smallest absolute Gasteiger partial charge is 0.0606 e. The minimum Gasteiger partial charge on any atom is -0.395 e. The van der Waals surface area contributed by atoms with E-state index in [1.165, 1.54) is 0 Å². The minimum absolute atomic E-state index is 0.00382. The van der Waals surface area contributed by atoms with Gasteiger partial charge in [0.05, 0.1) is 6.61 Å². The molecule has 1 aromatic rings. The topological polar surface area (TPSA) is 49.5 Å². The summed E-state index contributed by atoms with van der Waals surface area (Å²) in [5, 5.41) is 9.03. The van der Waals surface area contributed by atoms with E-state index in [2.05, 4.69) is 27.4 Å². The Bertz CT molecular complexity index is 380. The molecular weight excluding hydrogens is 280 g/mol. The van der Waals surface area contributed by atoms with E-state index in [4.69, 9.17) is 10.8 Å². The average Bonchev–Trinajstić information content (AvgIpc) is 2.28. The lowest BCUT2D eigenvalue weighted by atomic mass is 10.1. The van der Waals surface area contributed by atoms with Crippen LogP contribution in [0.3, 0.4) is 0 Å². The summed E-state index contributed by atoms with van der Waals surface area (Å²) in [6.45, 7) is 7.11. The van der Waals surface area contributed by atoms with E-state index < -0.39 is 0 Å².